The van der Waals surface area contributed by atoms with Crippen LogP contribution in [0.15, 0.2) is 4.99 Å². The molecule has 0 saturated carbocycles. The Kier molecular flexibility index (Phi) is 5.70. The SMILES string of the molecule is CC1CCC(C2OC(CO)[C@@H](O)[C@H]2O)CCN=C1C(N)N. The second-order valence-electron chi connectivity index (χ2n) is 6.16. The number of ether oxygens (including phenoxy) is 1. The van der Waals surface area contributed by atoms with Gasteiger partial charge in [0.25, 0.3) is 0 Å². The summed E-state index contributed by atoms with van der Waals surface area (Å²) < 4.78 is 5.63. The second-order valence-corrected chi connectivity index (χ2v) is 6.16. The van der Waals surface area contributed by atoms with Gasteiger partial charge in [-0.3, -0.25) is 4.99 Å². The Balaban J connectivity index is 2.03. The molecule has 0 aliphatic carbocycles. The van der Waals surface area contributed by atoms with Crippen LogP contribution in [0.3, 0.4) is 0 Å². The number of nitrogens with two attached hydrogens (primary N) is 2. The van der Waals surface area contributed by atoms with Crippen molar-refractivity contribution in [2.45, 2.75) is 56.8 Å². The van der Waals surface area contributed by atoms with Crippen molar-refractivity contribution < 1.29 is 20.1 Å². The van der Waals surface area contributed by atoms with Crippen molar-refractivity contribution in [2.75, 3.05) is 13.2 Å². The van der Waals surface area contributed by atoms with E-state index < -0.39 is 30.6 Å². The Morgan fingerprint density at radius 3 is 2.52 bits per heavy atom. The summed E-state index contributed by atoms with van der Waals surface area (Å²) in [7, 11) is 0. The molecule has 7 N–H and O–H groups in total. The number of hydrogen-bond donors (Lipinski definition) is 5. The van der Waals surface area contributed by atoms with Crippen molar-refractivity contribution in [3.8, 4) is 0 Å². The van der Waals surface area contributed by atoms with Crippen LogP contribution in [0.1, 0.15) is 26.2 Å². The first-order chi connectivity index (χ1) is 9.95. The van der Waals surface area contributed by atoms with Gasteiger partial charge < -0.3 is 31.5 Å². The number of aliphatic hydroxyl groups is 3. The van der Waals surface area contributed by atoms with Crippen LogP contribution in [0.2, 0.25) is 0 Å². The maximum absolute atomic E-state index is 10.1. The first-order valence-electron chi connectivity index (χ1n) is 7.63. The Hall–Kier alpha value is -0.570. The molecule has 7 heteroatoms. The molecule has 0 aromatic carbocycles. The van der Waals surface area contributed by atoms with Crippen LogP contribution in [-0.4, -0.2) is 64.8 Å². The van der Waals surface area contributed by atoms with Crippen molar-refractivity contribution in [3.63, 3.8) is 0 Å². The van der Waals surface area contributed by atoms with Gasteiger partial charge in [-0.2, -0.15) is 0 Å². The lowest BCUT2D eigenvalue weighted by Crippen LogP contribution is -2.44. The summed E-state index contributed by atoms with van der Waals surface area (Å²) in [6, 6.07) is 0. The van der Waals surface area contributed by atoms with E-state index >= 15 is 0 Å². The standard InChI is InChI=1S/C14H27N3O4/c1-7-2-3-8(4-5-17-10(7)14(15)16)13-12(20)11(19)9(6-18)21-13/h7-9,11-14,18-20H,2-6,15-16H2,1H3/t7?,8?,9?,11-,12-,13?/m1/s1. The molecular formula is C14H27N3O4. The van der Waals surface area contributed by atoms with Crippen LogP contribution in [0.4, 0.5) is 0 Å². The van der Waals surface area contributed by atoms with Crippen LogP contribution >= 0.6 is 0 Å². The van der Waals surface area contributed by atoms with Gasteiger partial charge in [0, 0.05) is 12.3 Å². The molecule has 2 heterocycles. The van der Waals surface area contributed by atoms with E-state index in [2.05, 4.69) is 4.99 Å². The van der Waals surface area contributed by atoms with E-state index in [1.54, 1.807) is 0 Å². The van der Waals surface area contributed by atoms with Crippen molar-refractivity contribution in [2.24, 2.45) is 28.3 Å². The molecule has 6 atom stereocenters. The van der Waals surface area contributed by atoms with Gasteiger partial charge in [0.2, 0.25) is 0 Å². The Morgan fingerprint density at radius 1 is 1.24 bits per heavy atom. The smallest absolute Gasteiger partial charge is 0.111 e. The second kappa shape index (κ2) is 7.13. The van der Waals surface area contributed by atoms with E-state index in [9.17, 15) is 10.2 Å². The molecule has 4 unspecified atom stereocenters. The molecule has 0 aromatic heterocycles. The monoisotopic (exact) mass is 301 g/mol. The van der Waals surface area contributed by atoms with E-state index in [1.165, 1.54) is 0 Å². The van der Waals surface area contributed by atoms with E-state index in [-0.39, 0.29) is 18.4 Å². The molecule has 2 aliphatic rings. The summed E-state index contributed by atoms with van der Waals surface area (Å²) in [5, 5.41) is 29.1. The third-order valence-corrected chi connectivity index (χ3v) is 4.66. The highest BCUT2D eigenvalue weighted by Crippen LogP contribution is 2.33. The van der Waals surface area contributed by atoms with Crippen molar-refractivity contribution in [3.05, 3.63) is 0 Å². The van der Waals surface area contributed by atoms with Crippen molar-refractivity contribution in [1.82, 2.24) is 0 Å². The number of rotatable bonds is 3. The van der Waals surface area contributed by atoms with E-state index in [0.717, 1.165) is 25.0 Å². The van der Waals surface area contributed by atoms with Gasteiger partial charge in [0.05, 0.1) is 18.9 Å². The Labute approximate surface area is 125 Å². The summed E-state index contributed by atoms with van der Waals surface area (Å²) in [6.07, 6.45) is -1.21. The van der Waals surface area contributed by atoms with Gasteiger partial charge in [0.1, 0.15) is 18.3 Å². The maximum Gasteiger partial charge on any atom is 0.111 e. The molecule has 2 rings (SSSR count). The minimum absolute atomic E-state index is 0.105. The molecule has 0 spiro atoms. The fourth-order valence-electron chi connectivity index (χ4n) is 3.35. The largest absolute Gasteiger partial charge is 0.394 e. The average Bonchev–Trinajstić information content (AvgIpc) is 2.71. The summed E-state index contributed by atoms with van der Waals surface area (Å²) in [4.78, 5) is 4.49. The van der Waals surface area contributed by atoms with Crippen LogP contribution in [0, 0.1) is 11.8 Å². The Bertz CT molecular complexity index is 377. The number of hydrogen-bond acceptors (Lipinski definition) is 7. The number of aliphatic hydroxyl groups excluding tert-OH is 3. The average molecular weight is 301 g/mol. The third-order valence-electron chi connectivity index (χ3n) is 4.66. The third kappa shape index (κ3) is 3.61. The van der Waals surface area contributed by atoms with Crippen molar-refractivity contribution in [1.29, 1.82) is 0 Å². The summed E-state index contributed by atoms with van der Waals surface area (Å²) >= 11 is 0. The van der Waals surface area contributed by atoms with E-state index in [4.69, 9.17) is 21.3 Å². The molecular weight excluding hydrogens is 274 g/mol. The van der Waals surface area contributed by atoms with Gasteiger partial charge in [-0.1, -0.05) is 6.92 Å². The number of nitrogens with zero attached hydrogens (tertiary/aromatic N) is 1. The molecule has 122 valence electrons. The highest BCUT2D eigenvalue weighted by atomic mass is 16.6. The molecule has 2 aliphatic heterocycles. The molecule has 0 aromatic rings. The van der Waals surface area contributed by atoms with Gasteiger partial charge in [-0.25, -0.2) is 0 Å². The zero-order valence-corrected chi connectivity index (χ0v) is 12.4. The lowest BCUT2D eigenvalue weighted by Gasteiger charge is -2.29. The number of aliphatic imine (C=N–C) groups is 1. The quantitative estimate of drug-likeness (QED) is 0.406. The summed E-state index contributed by atoms with van der Waals surface area (Å²) in [6.45, 7) is 2.34. The highest BCUT2D eigenvalue weighted by Gasteiger charge is 2.45. The van der Waals surface area contributed by atoms with Gasteiger partial charge in [0.15, 0.2) is 0 Å². The highest BCUT2D eigenvalue weighted by molar-refractivity contribution is 5.90. The predicted molar refractivity (Wildman–Crippen MR) is 78.7 cm³/mol. The van der Waals surface area contributed by atoms with Gasteiger partial charge in [-0.15, -0.1) is 0 Å². The molecule has 21 heavy (non-hydrogen) atoms. The van der Waals surface area contributed by atoms with Gasteiger partial charge >= 0.3 is 0 Å². The Morgan fingerprint density at radius 2 is 1.95 bits per heavy atom. The fourth-order valence-corrected chi connectivity index (χ4v) is 3.35. The first kappa shape index (κ1) is 16.8. The van der Waals surface area contributed by atoms with Crippen LogP contribution in [-0.2, 0) is 4.74 Å². The molecule has 0 bridgehead atoms. The summed E-state index contributed by atoms with van der Waals surface area (Å²) in [5.41, 5.74) is 12.3. The lowest BCUT2D eigenvalue weighted by atomic mass is 9.84. The predicted octanol–water partition coefficient (Wildman–Crippen LogP) is -1.41. The first-order valence-corrected chi connectivity index (χ1v) is 7.63. The molecule has 7 nitrogen and oxygen atoms in total. The van der Waals surface area contributed by atoms with Gasteiger partial charge in [-0.05, 0) is 31.1 Å². The minimum atomic E-state index is -1.03. The summed E-state index contributed by atoms with van der Waals surface area (Å²) in [5.74, 6) is 0.304. The van der Waals surface area contributed by atoms with Crippen LogP contribution in [0.5, 0.6) is 0 Å². The molecule has 0 amide bonds. The molecule has 0 radical (unpaired) electrons. The zero-order chi connectivity index (χ0) is 15.6. The van der Waals surface area contributed by atoms with Crippen LogP contribution < -0.4 is 11.5 Å². The zero-order valence-electron chi connectivity index (χ0n) is 12.4. The van der Waals surface area contributed by atoms with E-state index in [0.29, 0.717) is 6.54 Å². The molecule has 1 saturated heterocycles. The molecule has 1 fully saturated rings. The minimum Gasteiger partial charge on any atom is -0.394 e. The lowest BCUT2D eigenvalue weighted by molar-refractivity contribution is -0.0467. The fraction of sp³-hybridized carbons (Fsp3) is 0.929. The van der Waals surface area contributed by atoms with Crippen LogP contribution in [0.25, 0.3) is 0 Å². The normalized spacial score (nSPS) is 41.8. The topological polar surface area (TPSA) is 134 Å². The van der Waals surface area contributed by atoms with E-state index in [1.807, 2.05) is 6.92 Å². The maximum atomic E-state index is 10.1. The van der Waals surface area contributed by atoms with Crippen molar-refractivity contribution >= 4 is 5.71 Å².